The maximum absolute atomic E-state index is 14.2. The maximum atomic E-state index is 14.2. The van der Waals surface area contributed by atoms with Gasteiger partial charge in [-0.05, 0) is 89.8 Å². The lowest BCUT2D eigenvalue weighted by Gasteiger charge is -2.25. The van der Waals surface area contributed by atoms with Gasteiger partial charge in [0, 0.05) is 6.07 Å². The Labute approximate surface area is 302 Å². The number of thiazole rings is 1. The molecule has 0 bridgehead atoms. The van der Waals surface area contributed by atoms with Gasteiger partial charge in [-0.15, -0.1) is 0 Å². The van der Waals surface area contributed by atoms with Crippen molar-refractivity contribution in [2.75, 3.05) is 26.9 Å². The summed E-state index contributed by atoms with van der Waals surface area (Å²) in [4.78, 5) is 55.6. The summed E-state index contributed by atoms with van der Waals surface area (Å²) in [5.74, 6) is -1.22. The van der Waals surface area contributed by atoms with Crippen LogP contribution in [0.25, 0.3) is 6.08 Å². The van der Waals surface area contributed by atoms with Crippen molar-refractivity contribution in [3.8, 4) is 17.2 Å². The molecule has 2 heterocycles. The van der Waals surface area contributed by atoms with E-state index in [1.54, 1.807) is 45.0 Å². The van der Waals surface area contributed by atoms with Crippen molar-refractivity contribution >= 4 is 51.0 Å². The number of esters is 2. The number of rotatable bonds is 13. The molecule has 0 unspecified atom stereocenters. The second-order valence-electron chi connectivity index (χ2n) is 10.8. The van der Waals surface area contributed by atoms with E-state index < -0.39 is 34.3 Å². The molecule has 0 fully saturated rings. The lowest BCUT2D eigenvalue weighted by Crippen LogP contribution is -2.40. The highest BCUT2D eigenvalue weighted by Gasteiger charge is 2.34. The van der Waals surface area contributed by atoms with Gasteiger partial charge in [-0.3, -0.25) is 19.5 Å². The van der Waals surface area contributed by atoms with E-state index >= 15 is 0 Å². The fourth-order valence-electron chi connectivity index (χ4n) is 5.23. The number of halogens is 2. The molecule has 4 aromatic rings. The Morgan fingerprint density at radius 2 is 1.80 bits per heavy atom. The second kappa shape index (κ2) is 16.1. The summed E-state index contributed by atoms with van der Waals surface area (Å²) >= 11 is 4.40. The van der Waals surface area contributed by atoms with Gasteiger partial charge in [0.15, 0.2) is 22.9 Å². The molecule has 5 rings (SSSR count). The highest BCUT2D eigenvalue weighted by atomic mass is 79.9. The van der Waals surface area contributed by atoms with Crippen molar-refractivity contribution in [1.29, 1.82) is 0 Å². The minimum atomic E-state index is -1.00. The monoisotopic (exact) mass is 783 g/mol. The molecule has 0 spiro atoms. The zero-order valence-corrected chi connectivity index (χ0v) is 30.2. The van der Waals surface area contributed by atoms with E-state index in [-0.39, 0.29) is 68.7 Å². The summed E-state index contributed by atoms with van der Waals surface area (Å²) < 4.78 is 42.3. The Kier molecular flexibility index (Phi) is 11.7. The van der Waals surface area contributed by atoms with E-state index in [4.69, 9.17) is 18.9 Å². The fourth-order valence-corrected chi connectivity index (χ4v) is 6.86. The van der Waals surface area contributed by atoms with Gasteiger partial charge >= 0.3 is 17.6 Å². The number of carbonyl (C=O) groups is 2. The van der Waals surface area contributed by atoms with E-state index in [2.05, 4.69) is 25.7 Å². The van der Waals surface area contributed by atoms with Crippen LogP contribution >= 0.6 is 27.3 Å². The van der Waals surface area contributed by atoms with Crippen LogP contribution in [0.15, 0.2) is 80.1 Å². The third-order valence-corrected chi connectivity index (χ3v) is 9.08. The van der Waals surface area contributed by atoms with Crippen molar-refractivity contribution in [2.45, 2.75) is 33.4 Å². The number of benzene rings is 3. The average molecular weight is 785 g/mol. The number of nitro groups is 1. The largest absolute Gasteiger partial charge is 0.490 e. The molecular formula is C35H31BrFN3O10S. The standard InChI is InChI=1S/C35H31BrFN3O10S/c1-5-47-27-16-22(9-12-26(27)49-18-29(41)46-4)31-30(34(43)48-6-2)19(3)38-35-39(31)33(42)28(51-35)15-21-13-24(36)32(25(14-21)40(44)45)50-17-20-7-10-23(37)11-8-20/h7-16,31H,5-6,17-18H2,1-4H3/b28-15+/t31-/m1/s1. The van der Waals surface area contributed by atoms with Gasteiger partial charge < -0.3 is 23.7 Å². The van der Waals surface area contributed by atoms with Gasteiger partial charge in [0.25, 0.3) is 5.56 Å². The number of hydrogen-bond donors (Lipinski definition) is 0. The molecule has 0 radical (unpaired) electrons. The first-order valence-corrected chi connectivity index (χ1v) is 17.1. The molecule has 1 aromatic heterocycles. The zero-order valence-electron chi connectivity index (χ0n) is 27.8. The average Bonchev–Trinajstić information content (AvgIpc) is 3.40. The molecular weight excluding hydrogens is 753 g/mol. The van der Waals surface area contributed by atoms with Gasteiger partial charge in [-0.2, -0.15) is 0 Å². The van der Waals surface area contributed by atoms with Crippen molar-refractivity contribution in [3.05, 3.63) is 123 Å². The minimum absolute atomic E-state index is 0.0400. The first kappa shape index (κ1) is 36.9. The number of fused-ring (bicyclic) bond motifs is 1. The Hall–Kier alpha value is -5.35. The molecule has 1 aliphatic rings. The zero-order chi connectivity index (χ0) is 36.8. The summed E-state index contributed by atoms with van der Waals surface area (Å²) in [5, 5.41) is 12.1. The second-order valence-corrected chi connectivity index (χ2v) is 12.7. The molecule has 1 atom stereocenters. The predicted octanol–water partition coefficient (Wildman–Crippen LogP) is 5.14. The van der Waals surface area contributed by atoms with Crippen LogP contribution in [0.3, 0.4) is 0 Å². The Balaban J connectivity index is 1.60. The normalized spacial score (nSPS) is 14.0. The molecule has 0 saturated heterocycles. The summed E-state index contributed by atoms with van der Waals surface area (Å²) in [6.07, 6.45) is 1.49. The third-order valence-electron chi connectivity index (χ3n) is 7.51. The number of hydrogen-bond acceptors (Lipinski definition) is 12. The molecule has 51 heavy (non-hydrogen) atoms. The molecule has 0 amide bonds. The minimum Gasteiger partial charge on any atom is -0.490 e. The number of aromatic nitrogens is 1. The van der Waals surface area contributed by atoms with E-state index in [9.17, 15) is 28.9 Å². The topological polar surface area (TPSA) is 158 Å². The molecule has 0 saturated carbocycles. The van der Waals surface area contributed by atoms with Crippen LogP contribution in [0.1, 0.15) is 43.5 Å². The molecule has 16 heteroatoms. The summed E-state index contributed by atoms with van der Waals surface area (Å²) in [6.45, 7) is 4.97. The first-order chi connectivity index (χ1) is 24.4. The van der Waals surface area contributed by atoms with Crippen molar-refractivity contribution in [1.82, 2.24) is 4.57 Å². The van der Waals surface area contributed by atoms with Crippen molar-refractivity contribution in [2.24, 2.45) is 4.99 Å². The molecule has 3 aromatic carbocycles. The SMILES string of the molecule is CCOC(=O)C1=C(C)N=c2s/c(=C/c3cc(Br)c(OCc4ccc(F)cc4)c([N+](=O)[O-])c3)c(=O)n2[C@@H]1c1ccc(OCC(=O)OC)c(OCC)c1. The highest BCUT2D eigenvalue weighted by Crippen LogP contribution is 2.38. The third kappa shape index (κ3) is 8.18. The van der Waals surface area contributed by atoms with Crippen molar-refractivity contribution < 1.29 is 42.6 Å². The summed E-state index contributed by atoms with van der Waals surface area (Å²) in [5.41, 5.74) is 0.969. The van der Waals surface area contributed by atoms with E-state index in [0.717, 1.165) is 11.3 Å². The van der Waals surface area contributed by atoms with Crippen LogP contribution in [0, 0.1) is 15.9 Å². The van der Waals surface area contributed by atoms with E-state index in [1.807, 2.05) is 0 Å². The number of nitro benzene ring substituents is 1. The van der Waals surface area contributed by atoms with Gasteiger partial charge in [0.2, 0.25) is 5.75 Å². The van der Waals surface area contributed by atoms with Gasteiger partial charge in [-0.25, -0.2) is 19.0 Å². The van der Waals surface area contributed by atoms with Gasteiger partial charge in [0.1, 0.15) is 12.4 Å². The molecule has 1 aliphatic heterocycles. The molecule has 0 N–H and O–H groups in total. The fraction of sp³-hybridized carbons (Fsp3) is 0.257. The van der Waals surface area contributed by atoms with Crippen LogP contribution in [-0.4, -0.2) is 48.4 Å². The number of allylic oxidation sites excluding steroid dienone is 1. The van der Waals surface area contributed by atoms with Crippen LogP contribution in [0.4, 0.5) is 10.1 Å². The maximum Gasteiger partial charge on any atom is 0.343 e. The Morgan fingerprint density at radius 1 is 1.06 bits per heavy atom. The first-order valence-electron chi connectivity index (χ1n) is 15.5. The van der Waals surface area contributed by atoms with Crippen LogP contribution in [0.2, 0.25) is 0 Å². The lowest BCUT2D eigenvalue weighted by molar-refractivity contribution is -0.386. The highest BCUT2D eigenvalue weighted by molar-refractivity contribution is 9.10. The van der Waals surface area contributed by atoms with Gasteiger partial charge in [0.05, 0.1) is 51.6 Å². The smallest absolute Gasteiger partial charge is 0.343 e. The van der Waals surface area contributed by atoms with Gasteiger partial charge in [-0.1, -0.05) is 29.5 Å². The number of ether oxygens (including phenoxy) is 5. The quantitative estimate of drug-likeness (QED) is 0.101. The lowest BCUT2D eigenvalue weighted by atomic mass is 9.95. The molecule has 266 valence electrons. The van der Waals surface area contributed by atoms with E-state index in [1.165, 1.54) is 48.1 Å². The van der Waals surface area contributed by atoms with Crippen molar-refractivity contribution in [3.63, 3.8) is 0 Å². The van der Waals surface area contributed by atoms with Crippen LogP contribution in [0.5, 0.6) is 17.2 Å². The van der Waals surface area contributed by atoms with Crippen LogP contribution < -0.4 is 29.1 Å². The van der Waals surface area contributed by atoms with E-state index in [0.29, 0.717) is 22.4 Å². The molecule has 13 nitrogen and oxygen atoms in total. The predicted molar refractivity (Wildman–Crippen MR) is 187 cm³/mol. The summed E-state index contributed by atoms with van der Waals surface area (Å²) in [6, 6.07) is 12.2. The number of nitrogens with zero attached hydrogens (tertiary/aromatic N) is 3. The summed E-state index contributed by atoms with van der Waals surface area (Å²) in [7, 11) is 1.24. The number of carbonyl (C=O) groups excluding carboxylic acids is 2. The number of methoxy groups -OCH3 is 1. The molecule has 0 aliphatic carbocycles. The van der Waals surface area contributed by atoms with Crippen LogP contribution in [-0.2, 0) is 25.7 Å². The Bertz CT molecular complexity index is 2220. The Morgan fingerprint density at radius 3 is 2.47 bits per heavy atom.